The highest BCUT2D eigenvalue weighted by Gasteiger charge is 2.46. The van der Waals surface area contributed by atoms with E-state index in [2.05, 4.69) is 42.5 Å². The molecule has 0 spiro atoms. The first-order chi connectivity index (χ1) is 36.7. The first-order valence-electron chi connectivity index (χ1n) is 26.3. The van der Waals surface area contributed by atoms with Gasteiger partial charge in [-0.25, -0.2) is 0 Å². The van der Waals surface area contributed by atoms with Crippen LogP contribution < -0.4 is 47.4 Å². The van der Waals surface area contributed by atoms with E-state index < -0.39 is 108 Å². The van der Waals surface area contributed by atoms with Crippen LogP contribution in [0.2, 0.25) is 0 Å². The molecule has 7 amide bonds. The van der Waals surface area contributed by atoms with E-state index >= 15 is 0 Å². The number of likely N-dealkylation sites (tertiary alicyclic amines) is 1. The molecular formula is C50H75N11O16. The van der Waals surface area contributed by atoms with E-state index in [9.17, 15) is 68.1 Å². The van der Waals surface area contributed by atoms with Crippen molar-refractivity contribution in [1.82, 2.24) is 52.3 Å². The van der Waals surface area contributed by atoms with Crippen molar-refractivity contribution in [3.8, 4) is 0 Å². The summed E-state index contributed by atoms with van der Waals surface area (Å²) in [5.74, 6) is -7.90. The smallest absolute Gasteiger partial charge is 0.317 e. The number of hydrogen-bond acceptors (Lipinski definition) is 17. The van der Waals surface area contributed by atoms with E-state index in [1.165, 1.54) is 4.90 Å². The third-order valence-electron chi connectivity index (χ3n) is 14.1. The molecule has 27 heteroatoms. The van der Waals surface area contributed by atoms with Crippen LogP contribution in [-0.2, 0) is 70.3 Å². The van der Waals surface area contributed by atoms with Crippen molar-refractivity contribution in [2.45, 2.75) is 121 Å². The number of aliphatic hydroxyl groups is 1. The molecule has 0 radical (unpaired) electrons. The first kappa shape index (κ1) is 61.0. The van der Waals surface area contributed by atoms with Crippen LogP contribution in [0.1, 0.15) is 82.8 Å². The average Bonchev–Trinajstić information content (AvgIpc) is 3.94. The molecule has 1 aromatic carbocycles. The van der Waals surface area contributed by atoms with E-state index in [-0.39, 0.29) is 77.2 Å². The van der Waals surface area contributed by atoms with Gasteiger partial charge in [0.15, 0.2) is 0 Å². The Bertz CT molecular complexity index is 2300. The Hall–Kier alpha value is -6.81. The molecule has 0 bridgehead atoms. The molecule has 2 saturated heterocycles. The lowest BCUT2D eigenvalue weighted by Gasteiger charge is -2.32. The molecule has 4 heterocycles. The number of carbonyl (C=O) groups is 11. The normalized spacial score (nSPS) is 20.4. The van der Waals surface area contributed by atoms with Crippen LogP contribution in [-0.4, -0.2) is 210 Å². The number of para-hydroxylation sites is 1. The lowest BCUT2D eigenvalue weighted by molar-refractivity contribution is -0.155. The maximum absolute atomic E-state index is 14.3. The van der Waals surface area contributed by atoms with Crippen LogP contribution in [0.4, 0.5) is 5.69 Å². The summed E-state index contributed by atoms with van der Waals surface area (Å²) in [6.45, 7) is 6.43. The monoisotopic (exact) mass is 1090 g/mol. The minimum atomic E-state index is -1.53. The van der Waals surface area contributed by atoms with E-state index in [1.54, 1.807) is 11.8 Å². The third-order valence-corrected chi connectivity index (χ3v) is 14.1. The molecule has 0 aromatic heterocycles. The fraction of sp³-hybridized carbons (Fsp3) is 0.660. The van der Waals surface area contributed by atoms with E-state index in [1.807, 2.05) is 30.0 Å². The molecule has 4 aliphatic heterocycles. The molecule has 0 saturated carbocycles. The number of hydrogen-bond donors (Lipinski definition) is 12. The highest BCUT2D eigenvalue weighted by Crippen LogP contribution is 2.39. The van der Waals surface area contributed by atoms with Gasteiger partial charge in [0.1, 0.15) is 30.2 Å². The molecule has 0 aliphatic carbocycles. The highest BCUT2D eigenvalue weighted by molar-refractivity contribution is 6.08. The third kappa shape index (κ3) is 19.3. The van der Waals surface area contributed by atoms with Gasteiger partial charge >= 0.3 is 23.9 Å². The van der Waals surface area contributed by atoms with Crippen LogP contribution in [0, 0.1) is 11.8 Å². The molecule has 4 aliphatic rings. The van der Waals surface area contributed by atoms with Gasteiger partial charge in [-0.1, -0.05) is 38.5 Å². The highest BCUT2D eigenvalue weighted by atomic mass is 16.6. The lowest BCUT2D eigenvalue weighted by atomic mass is 9.97. The van der Waals surface area contributed by atoms with Gasteiger partial charge in [-0.15, -0.1) is 0 Å². The SMILES string of the molecule is CC[C@H](C)[C@H](NC(=O)CCNC(=O)CCNC(=O)[C@@H](CCC(=O)O)NC(=O)CN1CCC(CNCCN(CCNCC(=O)O)CC(=O)O)CC1)C(=O)N[C@H]1CCc2cccc3c2N(C1=O)[C@H](C(=O)N[C@@H]1CC(=O)OC1O)C3. The summed E-state index contributed by atoms with van der Waals surface area (Å²) < 4.78 is 4.76. The van der Waals surface area contributed by atoms with Crippen LogP contribution in [0.25, 0.3) is 0 Å². The van der Waals surface area contributed by atoms with Crippen LogP contribution in [0.3, 0.4) is 0 Å². The van der Waals surface area contributed by atoms with E-state index in [0.717, 1.165) is 24.0 Å². The Balaban J connectivity index is 1.01. The number of amides is 7. The summed E-state index contributed by atoms with van der Waals surface area (Å²) in [6, 6.07) is 0.114. The summed E-state index contributed by atoms with van der Waals surface area (Å²) in [4.78, 5) is 144. The number of benzene rings is 1. The second-order valence-corrected chi connectivity index (χ2v) is 19.9. The number of nitrogens with one attached hydrogen (secondary N) is 8. The van der Waals surface area contributed by atoms with Gasteiger partial charge in [0.2, 0.25) is 47.6 Å². The molecule has 7 atom stereocenters. The van der Waals surface area contributed by atoms with Gasteiger partial charge in [0, 0.05) is 65.0 Å². The number of anilines is 1. The number of aliphatic hydroxyl groups excluding tert-OH is 1. The Kier molecular flexibility index (Phi) is 24.0. The minimum absolute atomic E-state index is 0.0244. The summed E-state index contributed by atoms with van der Waals surface area (Å²) in [5.41, 5.74) is 2.13. The lowest BCUT2D eigenvalue weighted by Crippen LogP contribution is -2.59. The number of carbonyl (C=O) groups excluding carboxylic acids is 8. The number of ether oxygens (including phenoxy) is 1. The zero-order valence-electron chi connectivity index (χ0n) is 43.6. The van der Waals surface area contributed by atoms with Gasteiger partial charge in [0.25, 0.3) is 0 Å². The van der Waals surface area contributed by atoms with E-state index in [4.69, 9.17) is 9.84 Å². The van der Waals surface area contributed by atoms with Crippen molar-refractivity contribution in [3.63, 3.8) is 0 Å². The number of cyclic esters (lactones) is 1. The Morgan fingerprint density at radius 2 is 1.45 bits per heavy atom. The maximum atomic E-state index is 14.3. The molecule has 77 heavy (non-hydrogen) atoms. The Labute approximate surface area is 445 Å². The van der Waals surface area contributed by atoms with Crippen molar-refractivity contribution in [2.24, 2.45) is 11.8 Å². The predicted octanol–water partition coefficient (Wildman–Crippen LogP) is -3.62. The first-order valence-corrected chi connectivity index (χ1v) is 26.3. The van der Waals surface area contributed by atoms with Crippen molar-refractivity contribution in [3.05, 3.63) is 29.3 Å². The number of aliphatic carboxylic acids is 3. The van der Waals surface area contributed by atoms with E-state index in [0.29, 0.717) is 70.3 Å². The van der Waals surface area contributed by atoms with Crippen LogP contribution in [0.5, 0.6) is 0 Å². The minimum Gasteiger partial charge on any atom is -0.481 e. The summed E-state index contributed by atoms with van der Waals surface area (Å²) in [6.07, 6.45) is -0.0242. The number of aryl methyl sites for hydroxylation is 1. The zero-order chi connectivity index (χ0) is 56.2. The van der Waals surface area contributed by atoms with Gasteiger partial charge in [0.05, 0.1) is 31.7 Å². The second-order valence-electron chi connectivity index (χ2n) is 19.9. The fourth-order valence-corrected chi connectivity index (χ4v) is 9.72. The van der Waals surface area contributed by atoms with Crippen molar-refractivity contribution < 1.29 is 77.9 Å². The fourth-order valence-electron chi connectivity index (χ4n) is 9.72. The molecule has 5 rings (SSSR count). The van der Waals surface area contributed by atoms with Crippen LogP contribution in [0.15, 0.2) is 18.2 Å². The topological polar surface area (TPSA) is 384 Å². The predicted molar refractivity (Wildman–Crippen MR) is 272 cm³/mol. The van der Waals surface area contributed by atoms with Gasteiger partial charge in [-0.2, -0.15) is 0 Å². The number of rotatable bonds is 32. The Morgan fingerprint density at radius 1 is 0.766 bits per heavy atom. The molecule has 426 valence electrons. The van der Waals surface area contributed by atoms with Crippen LogP contribution >= 0.6 is 0 Å². The number of carboxylic acids is 3. The van der Waals surface area contributed by atoms with Crippen molar-refractivity contribution in [1.29, 1.82) is 0 Å². The quantitative estimate of drug-likeness (QED) is 0.0245. The second kappa shape index (κ2) is 30.2. The van der Waals surface area contributed by atoms with Gasteiger partial charge in [-0.3, -0.25) is 67.4 Å². The molecule has 1 unspecified atom stereocenters. The maximum Gasteiger partial charge on any atom is 0.317 e. The van der Waals surface area contributed by atoms with Gasteiger partial charge < -0.3 is 67.7 Å². The zero-order valence-corrected chi connectivity index (χ0v) is 43.6. The number of nitrogens with zero attached hydrogens (tertiary/aromatic N) is 3. The summed E-state index contributed by atoms with van der Waals surface area (Å²) >= 11 is 0. The summed E-state index contributed by atoms with van der Waals surface area (Å²) in [7, 11) is 0. The molecule has 27 nitrogen and oxygen atoms in total. The number of esters is 1. The standard InChI is InChI=1S/C50H75N11O16/c1-3-29(2)44(48(74)56-34-8-7-31-5-4-6-32-23-36(61(45(31)32)49(34)75)47(73)57-35-24-43(71)77-50(35)76)58-38(63)12-15-53-37(62)11-16-54-46(72)33(9-10-40(65)66)55-39(64)27-59-19-13-30(14-20-59)25-51-17-21-60(28-42(69)70)22-18-52-26-41(67)68/h4-6,29-30,33-36,44,50-52,76H,3,7-28H2,1-2H3,(H,53,62)(H,54,72)(H,55,64)(H,56,74)(H,57,73)(H,58,63)(H,65,66)(H,67,68)(H,69,70)/t29-,33+,34-,35+,36-,44-,50?/m0/s1. The molecule has 1 aromatic rings. The molecular weight excluding hydrogens is 1010 g/mol. The van der Waals surface area contributed by atoms with Crippen molar-refractivity contribution >= 4 is 70.9 Å². The van der Waals surface area contributed by atoms with Gasteiger partial charge in [-0.05, 0) is 74.7 Å². The average molecular weight is 1090 g/mol. The summed E-state index contributed by atoms with van der Waals surface area (Å²) in [5, 5.41) is 59.4. The Morgan fingerprint density at radius 3 is 2.12 bits per heavy atom. The molecule has 2 fully saturated rings. The van der Waals surface area contributed by atoms with Crippen molar-refractivity contribution in [2.75, 3.05) is 83.4 Å². The largest absolute Gasteiger partial charge is 0.481 e. The number of carboxylic acid groups (broad SMARTS) is 3. The molecule has 12 N–H and O–H groups in total. The number of piperidine rings is 1.